The molecular weight excluding hydrogens is 230 g/mol. The smallest absolute Gasteiger partial charge is 0.120 e. The fourth-order valence-electron chi connectivity index (χ4n) is 1.83. The predicted molar refractivity (Wildman–Crippen MR) is 70.3 cm³/mol. The molecule has 4 heteroatoms. The van der Waals surface area contributed by atoms with Gasteiger partial charge in [-0.15, -0.1) is 0 Å². The van der Waals surface area contributed by atoms with Crippen molar-refractivity contribution >= 4 is 10.8 Å². The monoisotopic (exact) mass is 247 g/mol. The van der Waals surface area contributed by atoms with Crippen molar-refractivity contribution in [2.45, 2.75) is 6.54 Å². The highest BCUT2D eigenvalue weighted by molar-refractivity contribution is 5.87. The lowest BCUT2D eigenvalue weighted by Crippen LogP contribution is -2.17. The summed E-state index contributed by atoms with van der Waals surface area (Å²) < 4.78 is 4.87. The molecule has 0 saturated carbocycles. The molecule has 0 bridgehead atoms. The number of fused-ring (bicyclic) bond motifs is 1. The Morgan fingerprint density at radius 2 is 1.94 bits per heavy atom. The van der Waals surface area contributed by atoms with Gasteiger partial charge in [0.05, 0.1) is 19.8 Å². The van der Waals surface area contributed by atoms with Crippen LogP contribution in [0.5, 0.6) is 5.75 Å². The van der Waals surface area contributed by atoms with E-state index in [1.54, 1.807) is 13.2 Å². The van der Waals surface area contributed by atoms with E-state index >= 15 is 0 Å². The predicted octanol–water partition coefficient (Wildman–Crippen LogP) is 2.21. The van der Waals surface area contributed by atoms with E-state index in [9.17, 15) is 5.11 Å². The quantitative estimate of drug-likeness (QED) is 0.607. The van der Waals surface area contributed by atoms with Gasteiger partial charge in [0, 0.05) is 12.7 Å². The summed E-state index contributed by atoms with van der Waals surface area (Å²) in [5.74, 6) is 0.275. The van der Waals surface area contributed by atoms with Gasteiger partial charge in [-0.1, -0.05) is 30.3 Å². The molecule has 0 unspecified atom stereocenters. The molecule has 2 aromatic carbocycles. The highest BCUT2D eigenvalue weighted by Gasteiger charge is 2.06. The third kappa shape index (κ3) is 2.98. The van der Waals surface area contributed by atoms with Crippen molar-refractivity contribution in [3.8, 4) is 5.75 Å². The molecule has 96 valence electrons. The second kappa shape index (κ2) is 6.35. The van der Waals surface area contributed by atoms with Crippen LogP contribution < -0.4 is 5.48 Å². The van der Waals surface area contributed by atoms with Gasteiger partial charge < -0.3 is 9.84 Å². The van der Waals surface area contributed by atoms with E-state index in [-0.39, 0.29) is 5.75 Å². The second-order valence-electron chi connectivity index (χ2n) is 3.95. The van der Waals surface area contributed by atoms with Gasteiger partial charge in [0.2, 0.25) is 0 Å². The molecule has 0 spiro atoms. The molecule has 4 nitrogen and oxygen atoms in total. The molecule has 18 heavy (non-hydrogen) atoms. The van der Waals surface area contributed by atoms with Crippen molar-refractivity contribution in [2.75, 3.05) is 20.3 Å². The minimum Gasteiger partial charge on any atom is -0.508 e. The lowest BCUT2D eigenvalue weighted by Gasteiger charge is -2.10. The molecule has 2 aromatic rings. The third-order valence-electron chi connectivity index (χ3n) is 2.76. The van der Waals surface area contributed by atoms with Crippen LogP contribution in [0.2, 0.25) is 0 Å². The van der Waals surface area contributed by atoms with Gasteiger partial charge in [-0.25, -0.2) is 0 Å². The third-order valence-corrected chi connectivity index (χ3v) is 2.76. The van der Waals surface area contributed by atoms with Crippen molar-refractivity contribution in [1.29, 1.82) is 0 Å². The number of hydroxylamine groups is 1. The van der Waals surface area contributed by atoms with E-state index in [0.29, 0.717) is 19.8 Å². The first-order chi connectivity index (χ1) is 8.83. The van der Waals surface area contributed by atoms with E-state index in [4.69, 9.17) is 9.57 Å². The number of aromatic hydroxyl groups is 1. The van der Waals surface area contributed by atoms with E-state index in [2.05, 4.69) is 5.48 Å². The maximum absolute atomic E-state index is 9.89. The van der Waals surface area contributed by atoms with Gasteiger partial charge in [-0.2, -0.15) is 5.48 Å². The van der Waals surface area contributed by atoms with Crippen molar-refractivity contribution in [3.05, 3.63) is 42.0 Å². The SMILES string of the molecule is COCCONCc1c(O)ccc2ccccc12. The standard InChI is InChI=1S/C14H17NO3/c1-17-8-9-18-15-10-13-12-5-3-2-4-11(12)6-7-14(13)16/h2-7,15-16H,8-10H2,1H3. The summed E-state index contributed by atoms with van der Waals surface area (Å²) in [6.45, 7) is 1.47. The topological polar surface area (TPSA) is 50.7 Å². The molecule has 0 heterocycles. The molecule has 0 aliphatic heterocycles. The summed E-state index contributed by atoms with van der Waals surface area (Å²) >= 11 is 0. The van der Waals surface area contributed by atoms with Crippen molar-refractivity contribution in [1.82, 2.24) is 5.48 Å². The fourth-order valence-corrected chi connectivity index (χ4v) is 1.83. The van der Waals surface area contributed by atoms with Crippen LogP contribution in [0.15, 0.2) is 36.4 Å². The van der Waals surface area contributed by atoms with Gasteiger partial charge >= 0.3 is 0 Å². The van der Waals surface area contributed by atoms with Gasteiger partial charge in [-0.05, 0) is 16.8 Å². The summed E-state index contributed by atoms with van der Waals surface area (Å²) in [6.07, 6.45) is 0. The number of hydrogen-bond acceptors (Lipinski definition) is 4. The summed E-state index contributed by atoms with van der Waals surface area (Å²) in [6, 6.07) is 11.5. The van der Waals surface area contributed by atoms with Crippen molar-refractivity contribution < 1.29 is 14.7 Å². The molecule has 0 radical (unpaired) electrons. The Balaban J connectivity index is 2.09. The van der Waals surface area contributed by atoms with Crippen LogP contribution in [-0.4, -0.2) is 25.4 Å². The molecule has 2 rings (SSSR count). The van der Waals surface area contributed by atoms with E-state index in [0.717, 1.165) is 16.3 Å². The van der Waals surface area contributed by atoms with Crippen LogP contribution in [0.4, 0.5) is 0 Å². The Hall–Kier alpha value is -1.62. The number of methoxy groups -OCH3 is 1. The molecule has 0 fully saturated rings. The van der Waals surface area contributed by atoms with Gasteiger partial charge in [0.1, 0.15) is 5.75 Å². The Bertz CT molecular complexity index is 513. The van der Waals surface area contributed by atoms with Gasteiger partial charge in [-0.3, -0.25) is 4.84 Å². The number of phenols is 1. The maximum Gasteiger partial charge on any atom is 0.120 e. The lowest BCUT2D eigenvalue weighted by molar-refractivity contribution is 0.00339. The fraction of sp³-hybridized carbons (Fsp3) is 0.286. The van der Waals surface area contributed by atoms with Crippen LogP contribution in [0, 0.1) is 0 Å². The molecular formula is C14H17NO3. The Morgan fingerprint density at radius 3 is 2.78 bits per heavy atom. The summed E-state index contributed by atoms with van der Waals surface area (Å²) in [4.78, 5) is 5.20. The number of benzene rings is 2. The number of nitrogens with one attached hydrogen (secondary N) is 1. The van der Waals surface area contributed by atoms with Crippen LogP contribution in [0.3, 0.4) is 0 Å². The van der Waals surface area contributed by atoms with E-state index in [1.165, 1.54) is 0 Å². The summed E-state index contributed by atoms with van der Waals surface area (Å²) in [5.41, 5.74) is 3.67. The zero-order chi connectivity index (χ0) is 12.8. The summed E-state index contributed by atoms with van der Waals surface area (Å²) in [5, 5.41) is 12.0. The highest BCUT2D eigenvalue weighted by Crippen LogP contribution is 2.26. The number of rotatable bonds is 6. The zero-order valence-corrected chi connectivity index (χ0v) is 10.3. The highest BCUT2D eigenvalue weighted by atomic mass is 16.7. The Kier molecular flexibility index (Phi) is 4.52. The second-order valence-corrected chi connectivity index (χ2v) is 3.95. The normalized spacial score (nSPS) is 10.9. The van der Waals surface area contributed by atoms with Crippen LogP contribution in [0.25, 0.3) is 10.8 Å². The van der Waals surface area contributed by atoms with Gasteiger partial charge in [0.15, 0.2) is 0 Å². The molecule has 2 N–H and O–H groups in total. The van der Waals surface area contributed by atoms with E-state index in [1.807, 2.05) is 30.3 Å². The number of hydrogen-bond donors (Lipinski definition) is 2. The molecule has 0 saturated heterocycles. The lowest BCUT2D eigenvalue weighted by atomic mass is 10.0. The van der Waals surface area contributed by atoms with Crippen molar-refractivity contribution in [2.24, 2.45) is 0 Å². The van der Waals surface area contributed by atoms with Crippen LogP contribution in [0.1, 0.15) is 5.56 Å². The minimum atomic E-state index is 0.275. The van der Waals surface area contributed by atoms with Crippen molar-refractivity contribution in [3.63, 3.8) is 0 Å². The number of ether oxygens (including phenoxy) is 1. The first-order valence-electron chi connectivity index (χ1n) is 5.86. The first-order valence-corrected chi connectivity index (χ1v) is 5.86. The largest absolute Gasteiger partial charge is 0.508 e. The average molecular weight is 247 g/mol. The van der Waals surface area contributed by atoms with Gasteiger partial charge in [0.25, 0.3) is 0 Å². The average Bonchev–Trinajstić information content (AvgIpc) is 2.41. The molecule has 0 aromatic heterocycles. The summed E-state index contributed by atoms with van der Waals surface area (Å²) in [7, 11) is 1.62. The van der Waals surface area contributed by atoms with Crippen LogP contribution >= 0.6 is 0 Å². The molecule has 0 amide bonds. The molecule has 0 atom stereocenters. The maximum atomic E-state index is 9.89. The number of phenolic OH excluding ortho intramolecular Hbond substituents is 1. The van der Waals surface area contributed by atoms with E-state index < -0.39 is 0 Å². The Morgan fingerprint density at radius 1 is 1.11 bits per heavy atom. The van der Waals surface area contributed by atoms with Crippen LogP contribution in [-0.2, 0) is 16.1 Å². The molecule has 0 aliphatic rings. The first kappa shape index (κ1) is 12.8. The minimum absolute atomic E-state index is 0.275. The zero-order valence-electron chi connectivity index (χ0n) is 10.3. The molecule has 0 aliphatic carbocycles. The Labute approximate surface area is 106 Å².